The highest BCUT2D eigenvalue weighted by atomic mass is 16.3. The molecule has 0 atom stereocenters. The number of nitrogens with zero attached hydrogens (tertiary/aromatic N) is 2. The second kappa shape index (κ2) is 14.3. The minimum Gasteiger partial charge on any atom is -0.456 e. The molecule has 3 nitrogen and oxygen atoms in total. The maximum Gasteiger partial charge on any atom is 0.135 e. The van der Waals surface area contributed by atoms with Crippen LogP contribution in [0.2, 0.25) is 0 Å². The number of aromatic nitrogens is 1. The Labute approximate surface area is 371 Å². The van der Waals surface area contributed by atoms with E-state index >= 15 is 0 Å². The predicted molar refractivity (Wildman–Crippen MR) is 265 cm³/mol. The zero-order valence-corrected chi connectivity index (χ0v) is 34.9. The summed E-state index contributed by atoms with van der Waals surface area (Å²) < 4.78 is 8.69. The van der Waals surface area contributed by atoms with Crippen LogP contribution in [0.15, 0.2) is 247 Å². The van der Waals surface area contributed by atoms with Gasteiger partial charge >= 0.3 is 0 Å². The second-order valence-corrected chi connectivity index (χ2v) is 16.8. The largest absolute Gasteiger partial charge is 0.456 e. The minimum absolute atomic E-state index is 0.470. The lowest BCUT2D eigenvalue weighted by Gasteiger charge is -2.34. The summed E-state index contributed by atoms with van der Waals surface area (Å²) in [6.07, 6.45) is 0. The molecule has 300 valence electrons. The summed E-state index contributed by atoms with van der Waals surface area (Å²) in [6.45, 7) is 0. The third kappa shape index (κ3) is 5.41. The Bertz CT molecular complexity index is 3670. The Morgan fingerprint density at radius 3 is 1.62 bits per heavy atom. The second-order valence-electron chi connectivity index (χ2n) is 16.8. The van der Waals surface area contributed by atoms with Crippen molar-refractivity contribution in [2.75, 3.05) is 4.90 Å². The topological polar surface area (TPSA) is 21.3 Å². The number of furan rings is 1. The van der Waals surface area contributed by atoms with Crippen molar-refractivity contribution in [2.24, 2.45) is 0 Å². The van der Waals surface area contributed by atoms with E-state index in [0.29, 0.717) is 0 Å². The van der Waals surface area contributed by atoms with Gasteiger partial charge in [0.25, 0.3) is 0 Å². The minimum atomic E-state index is -0.470. The SMILES string of the molecule is c1ccc(-c2ccc(N(c3ccc(-n4c5ccccc5c5cc(C6(c7ccccc7)c7ccccc7-c7ccccc76)ccc54)cc3)c3ccc4oc5ccccc5c4c3)cc2)cc1. The lowest BCUT2D eigenvalue weighted by Crippen LogP contribution is -2.28. The van der Waals surface area contributed by atoms with Gasteiger partial charge in [0.2, 0.25) is 0 Å². The zero-order chi connectivity index (χ0) is 42.2. The first-order valence-corrected chi connectivity index (χ1v) is 22.0. The molecule has 0 aliphatic heterocycles. The van der Waals surface area contributed by atoms with Crippen LogP contribution in [0.3, 0.4) is 0 Å². The highest BCUT2D eigenvalue weighted by Crippen LogP contribution is 2.56. The molecule has 0 bridgehead atoms. The third-order valence-corrected chi connectivity index (χ3v) is 13.5. The third-order valence-electron chi connectivity index (χ3n) is 13.5. The molecule has 0 saturated carbocycles. The molecular weight excluding hydrogens is 777 g/mol. The average Bonchev–Trinajstić information content (AvgIpc) is 4.01. The zero-order valence-electron chi connectivity index (χ0n) is 34.9. The highest BCUT2D eigenvalue weighted by Gasteiger charge is 2.46. The summed E-state index contributed by atoms with van der Waals surface area (Å²) >= 11 is 0. The summed E-state index contributed by atoms with van der Waals surface area (Å²) in [5.74, 6) is 0. The van der Waals surface area contributed by atoms with E-state index in [-0.39, 0.29) is 0 Å². The number of anilines is 3. The quantitative estimate of drug-likeness (QED) is 0.160. The summed E-state index contributed by atoms with van der Waals surface area (Å²) in [4.78, 5) is 2.35. The van der Waals surface area contributed by atoms with Gasteiger partial charge in [0.05, 0.1) is 16.4 Å². The first kappa shape index (κ1) is 36.3. The van der Waals surface area contributed by atoms with Crippen molar-refractivity contribution in [1.29, 1.82) is 0 Å². The van der Waals surface area contributed by atoms with Crippen LogP contribution in [-0.2, 0) is 5.41 Å². The Morgan fingerprint density at radius 1 is 0.344 bits per heavy atom. The van der Waals surface area contributed by atoms with E-state index in [1.165, 1.54) is 66.3 Å². The van der Waals surface area contributed by atoms with Crippen molar-refractivity contribution in [1.82, 2.24) is 4.57 Å². The molecule has 1 aliphatic rings. The molecule has 2 heterocycles. The molecule has 0 saturated heterocycles. The molecule has 0 fully saturated rings. The van der Waals surface area contributed by atoms with Crippen molar-refractivity contribution < 1.29 is 4.42 Å². The molecule has 12 aromatic rings. The van der Waals surface area contributed by atoms with Crippen LogP contribution in [0.25, 0.3) is 71.7 Å². The summed E-state index contributed by atoms with van der Waals surface area (Å²) in [5, 5.41) is 4.67. The van der Waals surface area contributed by atoms with Gasteiger partial charge < -0.3 is 13.9 Å². The molecule has 10 aromatic carbocycles. The normalized spacial score (nSPS) is 12.8. The Hall–Kier alpha value is -8.40. The molecule has 1 aliphatic carbocycles. The van der Waals surface area contributed by atoms with E-state index in [1.54, 1.807) is 0 Å². The van der Waals surface area contributed by atoms with Gasteiger partial charge in [-0.25, -0.2) is 0 Å². The average molecular weight is 817 g/mol. The standard InChI is InChI=1S/C61H40N2O/c1-3-15-41(16-4-1)42-27-30-45(31-28-42)62(48-36-38-60-54(40-48)52-22-10-14-26-59(52)64-60)46-32-34-47(35-33-46)63-57-25-13-9-21-51(57)53-39-44(29-37-58(53)63)61(43-17-5-2-6-18-43)55-23-11-7-19-49(55)50-20-8-12-24-56(50)61/h1-40H. The Balaban J connectivity index is 0.963. The maximum absolute atomic E-state index is 6.26. The smallest absolute Gasteiger partial charge is 0.135 e. The fraction of sp³-hybridized carbons (Fsp3) is 0.0164. The molecular formula is C61H40N2O. The maximum atomic E-state index is 6.26. The Morgan fingerprint density at radius 2 is 0.891 bits per heavy atom. The molecule has 64 heavy (non-hydrogen) atoms. The van der Waals surface area contributed by atoms with E-state index in [2.05, 4.69) is 240 Å². The van der Waals surface area contributed by atoms with Gasteiger partial charge in [-0.15, -0.1) is 0 Å². The first-order valence-electron chi connectivity index (χ1n) is 22.0. The fourth-order valence-corrected chi connectivity index (χ4v) is 10.7. The van der Waals surface area contributed by atoms with Gasteiger partial charge in [-0.3, -0.25) is 0 Å². The van der Waals surface area contributed by atoms with Gasteiger partial charge in [0.1, 0.15) is 11.2 Å². The van der Waals surface area contributed by atoms with Crippen LogP contribution in [0.5, 0.6) is 0 Å². The van der Waals surface area contributed by atoms with Crippen molar-refractivity contribution in [3.63, 3.8) is 0 Å². The van der Waals surface area contributed by atoms with Crippen LogP contribution >= 0.6 is 0 Å². The number of para-hydroxylation sites is 2. The number of benzene rings is 10. The van der Waals surface area contributed by atoms with Crippen molar-refractivity contribution >= 4 is 60.8 Å². The first-order chi connectivity index (χ1) is 31.7. The lowest BCUT2D eigenvalue weighted by atomic mass is 9.67. The van der Waals surface area contributed by atoms with Gasteiger partial charge in [-0.2, -0.15) is 0 Å². The lowest BCUT2D eigenvalue weighted by molar-refractivity contribution is 0.669. The molecule has 0 unspecified atom stereocenters. The molecule has 2 aromatic heterocycles. The summed E-state index contributed by atoms with van der Waals surface area (Å²) in [5.41, 5.74) is 18.1. The van der Waals surface area contributed by atoms with Gasteiger partial charge in [-0.1, -0.05) is 164 Å². The molecule has 13 rings (SSSR count). The van der Waals surface area contributed by atoms with Crippen molar-refractivity contribution in [2.45, 2.75) is 5.41 Å². The van der Waals surface area contributed by atoms with Gasteiger partial charge in [0.15, 0.2) is 0 Å². The van der Waals surface area contributed by atoms with E-state index < -0.39 is 5.41 Å². The van der Waals surface area contributed by atoms with Crippen LogP contribution in [0.4, 0.5) is 17.1 Å². The van der Waals surface area contributed by atoms with Crippen molar-refractivity contribution in [3.8, 4) is 27.9 Å². The number of rotatable bonds is 7. The fourth-order valence-electron chi connectivity index (χ4n) is 10.7. The van der Waals surface area contributed by atoms with E-state index in [0.717, 1.165) is 44.7 Å². The van der Waals surface area contributed by atoms with Crippen LogP contribution in [-0.4, -0.2) is 4.57 Å². The molecule has 3 heteroatoms. The predicted octanol–water partition coefficient (Wildman–Crippen LogP) is 16.2. The van der Waals surface area contributed by atoms with Crippen LogP contribution in [0.1, 0.15) is 22.3 Å². The van der Waals surface area contributed by atoms with Crippen molar-refractivity contribution in [3.05, 3.63) is 265 Å². The summed E-state index contributed by atoms with van der Waals surface area (Å²) in [7, 11) is 0. The summed E-state index contributed by atoms with van der Waals surface area (Å²) in [6, 6.07) is 88.3. The van der Waals surface area contributed by atoms with E-state index in [4.69, 9.17) is 4.42 Å². The van der Waals surface area contributed by atoms with Crippen LogP contribution in [0, 0.1) is 0 Å². The number of hydrogen-bond acceptors (Lipinski definition) is 2. The molecule has 0 N–H and O–H groups in total. The van der Waals surface area contributed by atoms with Crippen LogP contribution < -0.4 is 4.90 Å². The molecule has 0 spiro atoms. The highest BCUT2D eigenvalue weighted by molar-refractivity contribution is 6.10. The Kier molecular flexibility index (Phi) is 8.13. The van der Waals surface area contributed by atoms with Gasteiger partial charge in [-0.05, 0) is 123 Å². The van der Waals surface area contributed by atoms with E-state index in [9.17, 15) is 0 Å². The molecule has 0 amide bonds. The number of fused-ring (bicyclic) bond motifs is 9. The van der Waals surface area contributed by atoms with Gasteiger partial charge in [0, 0.05) is 44.3 Å². The number of hydrogen-bond donors (Lipinski definition) is 0. The molecule has 0 radical (unpaired) electrons. The monoisotopic (exact) mass is 816 g/mol. The van der Waals surface area contributed by atoms with E-state index in [1.807, 2.05) is 12.1 Å².